The maximum absolute atomic E-state index is 15.2. The van der Waals surface area contributed by atoms with Gasteiger partial charge in [0.15, 0.2) is 0 Å². The lowest BCUT2D eigenvalue weighted by molar-refractivity contribution is 0.0325. The average Bonchev–Trinajstić information content (AvgIpc) is 2.70. The zero-order valence-electron chi connectivity index (χ0n) is 18.4. The number of rotatable bonds is 8. The van der Waals surface area contributed by atoms with Gasteiger partial charge in [-0.1, -0.05) is 78.1 Å². The molecule has 3 unspecified atom stereocenters. The fourth-order valence-corrected chi connectivity index (χ4v) is 7.07. The Bertz CT molecular complexity index is 389. The fourth-order valence-electron chi connectivity index (χ4n) is 7.07. The Labute approximate surface area is 169 Å². The average molecular weight is 379 g/mol. The van der Waals surface area contributed by atoms with Gasteiger partial charge in [0.25, 0.3) is 0 Å². The number of unbranched alkanes of at least 4 members (excludes halogenated alkanes) is 2. The first-order valence-electron chi connectivity index (χ1n) is 12.8. The molecule has 27 heavy (non-hydrogen) atoms. The highest BCUT2D eigenvalue weighted by atomic mass is 19.1. The molecule has 0 bridgehead atoms. The topological polar surface area (TPSA) is 0 Å². The third-order valence-corrected chi connectivity index (χ3v) is 8.83. The first-order valence-corrected chi connectivity index (χ1v) is 12.8. The summed E-state index contributed by atoms with van der Waals surface area (Å²) in [6, 6.07) is 0. The van der Waals surface area contributed by atoms with Gasteiger partial charge in [-0.2, -0.15) is 0 Å². The maximum atomic E-state index is 15.2. The molecule has 0 heterocycles. The molecule has 0 N–H and O–H groups in total. The van der Waals surface area contributed by atoms with Crippen molar-refractivity contribution in [3.8, 4) is 0 Å². The summed E-state index contributed by atoms with van der Waals surface area (Å²) in [5.41, 5.74) is 0. The van der Waals surface area contributed by atoms with Crippen LogP contribution in [0.15, 0.2) is 0 Å². The first-order chi connectivity index (χ1) is 13.2. The van der Waals surface area contributed by atoms with Gasteiger partial charge >= 0.3 is 0 Å². The van der Waals surface area contributed by atoms with Gasteiger partial charge < -0.3 is 0 Å². The summed E-state index contributed by atoms with van der Waals surface area (Å²) in [7, 11) is 0. The van der Waals surface area contributed by atoms with Crippen LogP contribution in [-0.2, 0) is 0 Å². The molecular formula is C26H47F. The van der Waals surface area contributed by atoms with Crippen molar-refractivity contribution in [2.75, 3.05) is 0 Å². The highest BCUT2D eigenvalue weighted by Gasteiger charge is 2.39. The Hall–Kier alpha value is -0.0700. The largest absolute Gasteiger partial charge is 0.247 e. The molecule has 0 nitrogen and oxygen atoms in total. The van der Waals surface area contributed by atoms with Gasteiger partial charge in [-0.15, -0.1) is 0 Å². The number of alkyl halides is 1. The smallest absolute Gasteiger partial charge is 0.103 e. The van der Waals surface area contributed by atoms with Crippen molar-refractivity contribution < 1.29 is 4.39 Å². The van der Waals surface area contributed by atoms with Crippen molar-refractivity contribution >= 4 is 0 Å². The lowest BCUT2D eigenvalue weighted by Gasteiger charge is -2.43. The molecule has 0 aromatic carbocycles. The van der Waals surface area contributed by atoms with E-state index in [9.17, 15) is 0 Å². The van der Waals surface area contributed by atoms with Gasteiger partial charge in [-0.3, -0.25) is 0 Å². The highest BCUT2D eigenvalue weighted by Crippen LogP contribution is 2.47. The van der Waals surface area contributed by atoms with E-state index in [-0.39, 0.29) is 0 Å². The van der Waals surface area contributed by atoms with E-state index in [1.165, 1.54) is 103 Å². The van der Waals surface area contributed by atoms with Crippen molar-refractivity contribution in [3.05, 3.63) is 0 Å². The minimum Gasteiger partial charge on any atom is -0.247 e. The summed E-state index contributed by atoms with van der Waals surface area (Å²) >= 11 is 0. The molecule has 1 heteroatoms. The molecule has 0 spiro atoms. The molecule has 3 aliphatic rings. The molecule has 0 saturated heterocycles. The van der Waals surface area contributed by atoms with Crippen LogP contribution >= 0.6 is 0 Å². The Kier molecular flexibility index (Phi) is 8.98. The van der Waals surface area contributed by atoms with Crippen LogP contribution in [0.4, 0.5) is 4.39 Å². The van der Waals surface area contributed by atoms with E-state index in [4.69, 9.17) is 0 Å². The van der Waals surface area contributed by atoms with Crippen LogP contribution in [0, 0.1) is 35.5 Å². The van der Waals surface area contributed by atoms with Crippen molar-refractivity contribution in [2.24, 2.45) is 35.5 Å². The first kappa shape index (κ1) is 21.6. The number of hydrogen-bond donors (Lipinski definition) is 0. The predicted octanol–water partition coefficient (Wildman–Crippen LogP) is 8.73. The Morgan fingerprint density at radius 2 is 1.19 bits per heavy atom. The molecule has 3 atom stereocenters. The molecule has 158 valence electrons. The quantitative estimate of drug-likeness (QED) is 0.370. The van der Waals surface area contributed by atoms with Crippen LogP contribution in [0.25, 0.3) is 0 Å². The van der Waals surface area contributed by atoms with E-state index in [1.54, 1.807) is 0 Å². The van der Waals surface area contributed by atoms with Crippen LogP contribution in [0.2, 0.25) is 0 Å². The molecule has 0 aromatic heterocycles. The Morgan fingerprint density at radius 1 is 0.593 bits per heavy atom. The second-order valence-corrected chi connectivity index (χ2v) is 10.6. The molecule has 3 rings (SSSR count). The second-order valence-electron chi connectivity index (χ2n) is 10.6. The molecular weight excluding hydrogens is 331 g/mol. The summed E-state index contributed by atoms with van der Waals surface area (Å²) < 4.78 is 15.2. The van der Waals surface area contributed by atoms with Crippen LogP contribution in [-0.4, -0.2) is 6.17 Å². The van der Waals surface area contributed by atoms with E-state index in [1.807, 2.05) is 0 Å². The lowest BCUT2D eigenvalue weighted by atomic mass is 9.64. The standard InChI is InChI=1S/C26H47F/c1-3-5-6-8-21-9-13-22(14-10-21)24-17-18-25(26(27)19-24)23-15-11-20(7-4-2)12-16-23/h20-26H,3-19H2,1-2H3. The van der Waals surface area contributed by atoms with Crippen molar-refractivity contribution in [2.45, 2.75) is 129 Å². The van der Waals surface area contributed by atoms with Crippen LogP contribution in [0.5, 0.6) is 0 Å². The van der Waals surface area contributed by atoms with Gasteiger partial charge in [-0.05, 0) is 80.5 Å². The fraction of sp³-hybridized carbons (Fsp3) is 1.00. The van der Waals surface area contributed by atoms with Crippen molar-refractivity contribution in [1.82, 2.24) is 0 Å². The highest BCUT2D eigenvalue weighted by molar-refractivity contribution is 4.90. The summed E-state index contributed by atoms with van der Waals surface area (Å²) in [4.78, 5) is 0. The van der Waals surface area contributed by atoms with Gasteiger partial charge in [0, 0.05) is 0 Å². The normalized spacial score (nSPS) is 40.8. The summed E-state index contributed by atoms with van der Waals surface area (Å²) in [6.45, 7) is 4.61. The van der Waals surface area contributed by atoms with E-state index >= 15 is 4.39 Å². The van der Waals surface area contributed by atoms with Crippen LogP contribution in [0.1, 0.15) is 123 Å². The SMILES string of the molecule is CCCCCC1CCC(C2CCC(C3CCC(CCC)CC3)C(F)C2)CC1. The third kappa shape index (κ3) is 6.20. The van der Waals surface area contributed by atoms with Crippen molar-refractivity contribution in [1.29, 1.82) is 0 Å². The Balaban J connectivity index is 1.38. The summed E-state index contributed by atoms with van der Waals surface area (Å²) in [5.74, 6) is 4.63. The number of hydrogen-bond acceptors (Lipinski definition) is 0. The third-order valence-electron chi connectivity index (χ3n) is 8.83. The molecule has 3 fully saturated rings. The lowest BCUT2D eigenvalue weighted by Crippen LogP contribution is -2.36. The van der Waals surface area contributed by atoms with E-state index in [0.29, 0.717) is 17.8 Å². The molecule has 0 aliphatic heterocycles. The van der Waals surface area contributed by atoms with E-state index in [2.05, 4.69) is 13.8 Å². The van der Waals surface area contributed by atoms with Gasteiger partial charge in [-0.25, -0.2) is 4.39 Å². The zero-order chi connectivity index (χ0) is 19.1. The van der Waals surface area contributed by atoms with Gasteiger partial charge in [0.05, 0.1) is 0 Å². The minimum absolute atomic E-state index is 0.411. The molecule has 0 amide bonds. The Morgan fingerprint density at radius 3 is 1.78 bits per heavy atom. The maximum Gasteiger partial charge on any atom is 0.103 e. The molecule has 0 aromatic rings. The summed E-state index contributed by atoms with van der Waals surface area (Å²) in [6.07, 6.45) is 22.4. The number of halogens is 1. The molecule has 0 radical (unpaired) electrons. The van der Waals surface area contributed by atoms with Crippen LogP contribution in [0.3, 0.4) is 0 Å². The molecule has 3 aliphatic carbocycles. The summed E-state index contributed by atoms with van der Waals surface area (Å²) in [5, 5.41) is 0. The van der Waals surface area contributed by atoms with Crippen molar-refractivity contribution in [3.63, 3.8) is 0 Å². The monoisotopic (exact) mass is 378 g/mol. The minimum atomic E-state index is -0.487. The van der Waals surface area contributed by atoms with Gasteiger partial charge in [0.1, 0.15) is 6.17 Å². The van der Waals surface area contributed by atoms with E-state index < -0.39 is 6.17 Å². The van der Waals surface area contributed by atoms with Gasteiger partial charge in [0.2, 0.25) is 0 Å². The predicted molar refractivity (Wildman–Crippen MR) is 116 cm³/mol. The van der Waals surface area contributed by atoms with Crippen LogP contribution < -0.4 is 0 Å². The zero-order valence-corrected chi connectivity index (χ0v) is 18.4. The second kappa shape index (κ2) is 11.2. The molecule has 3 saturated carbocycles. The van der Waals surface area contributed by atoms with E-state index in [0.717, 1.165) is 24.2 Å².